The van der Waals surface area contributed by atoms with Gasteiger partial charge in [-0.1, -0.05) is 59.6 Å². The first-order valence-corrected chi connectivity index (χ1v) is 9.93. The third-order valence-electron chi connectivity index (χ3n) is 4.74. The van der Waals surface area contributed by atoms with Crippen molar-refractivity contribution in [2.75, 3.05) is 5.32 Å². The Morgan fingerprint density at radius 2 is 1.48 bits per heavy atom. The number of ether oxygens (including phenoxy) is 1. The molecule has 5 heteroatoms. The van der Waals surface area contributed by atoms with Crippen LogP contribution in [0.1, 0.15) is 11.1 Å². The highest BCUT2D eigenvalue weighted by atomic mass is 35.5. The molecule has 0 radical (unpaired) electrons. The number of rotatable bonds is 6. The van der Waals surface area contributed by atoms with Crippen LogP contribution >= 0.6 is 23.2 Å². The second kappa shape index (κ2) is 8.73. The zero-order valence-electron chi connectivity index (χ0n) is 15.5. The fraction of sp³-hybridized carbons (Fsp3) is 0.0833. The predicted molar refractivity (Wildman–Crippen MR) is 118 cm³/mol. The summed E-state index contributed by atoms with van der Waals surface area (Å²) in [6.07, 6.45) is 0. The molecule has 0 fully saturated rings. The third-order valence-corrected chi connectivity index (χ3v) is 5.45. The second-order valence-corrected chi connectivity index (χ2v) is 7.43. The maximum Gasteiger partial charge on any atom is 0.125 e. The monoisotopic (exact) mass is 425 g/mol. The van der Waals surface area contributed by atoms with Crippen LogP contribution in [0.15, 0.2) is 78.9 Å². The maximum absolute atomic E-state index is 13.2. The minimum atomic E-state index is -0.263. The van der Waals surface area contributed by atoms with Crippen LogP contribution in [0.25, 0.3) is 10.8 Å². The number of hydrogen-bond donors (Lipinski definition) is 1. The Kier molecular flexibility index (Phi) is 5.89. The van der Waals surface area contributed by atoms with Crippen molar-refractivity contribution in [3.05, 3.63) is 106 Å². The Bertz CT molecular complexity index is 1130. The molecule has 0 aliphatic heterocycles. The van der Waals surface area contributed by atoms with Crippen molar-refractivity contribution in [3.8, 4) is 5.75 Å². The van der Waals surface area contributed by atoms with Gasteiger partial charge in [-0.05, 0) is 53.2 Å². The summed E-state index contributed by atoms with van der Waals surface area (Å²) < 4.78 is 19.3. The minimum Gasteiger partial charge on any atom is -0.488 e. The number of nitrogens with one attached hydrogen (secondary N) is 1. The molecule has 0 atom stereocenters. The quantitative estimate of drug-likeness (QED) is 0.345. The number of anilines is 1. The molecule has 0 bridgehead atoms. The van der Waals surface area contributed by atoms with E-state index >= 15 is 0 Å². The van der Waals surface area contributed by atoms with Gasteiger partial charge in [0.1, 0.15) is 18.2 Å². The van der Waals surface area contributed by atoms with Crippen LogP contribution in [0.3, 0.4) is 0 Å². The van der Waals surface area contributed by atoms with Gasteiger partial charge in [-0.2, -0.15) is 0 Å². The molecule has 0 aliphatic rings. The molecule has 0 saturated heterocycles. The molecule has 0 amide bonds. The highest BCUT2D eigenvalue weighted by Crippen LogP contribution is 2.31. The average molecular weight is 426 g/mol. The van der Waals surface area contributed by atoms with Crippen LogP contribution in [0, 0.1) is 5.82 Å². The molecule has 0 saturated carbocycles. The summed E-state index contributed by atoms with van der Waals surface area (Å²) in [5.74, 6) is 0.482. The molecule has 4 aromatic rings. The first kappa shape index (κ1) is 19.6. The molecule has 0 unspecified atom stereocenters. The normalized spacial score (nSPS) is 10.9. The molecular formula is C24H18Cl2FNO. The lowest BCUT2D eigenvalue weighted by molar-refractivity contribution is 0.304. The summed E-state index contributed by atoms with van der Waals surface area (Å²) in [6.45, 7) is 0.791. The van der Waals surface area contributed by atoms with E-state index in [0.29, 0.717) is 16.6 Å². The van der Waals surface area contributed by atoms with Gasteiger partial charge < -0.3 is 10.1 Å². The van der Waals surface area contributed by atoms with Crippen molar-refractivity contribution < 1.29 is 9.13 Å². The van der Waals surface area contributed by atoms with Gasteiger partial charge in [0.15, 0.2) is 0 Å². The number of halogens is 3. The van der Waals surface area contributed by atoms with Crippen molar-refractivity contribution in [3.63, 3.8) is 0 Å². The van der Waals surface area contributed by atoms with Gasteiger partial charge in [0.2, 0.25) is 0 Å². The van der Waals surface area contributed by atoms with Crippen molar-refractivity contribution >= 4 is 39.7 Å². The first-order valence-electron chi connectivity index (χ1n) is 9.17. The zero-order valence-corrected chi connectivity index (χ0v) is 17.0. The van der Waals surface area contributed by atoms with Crippen LogP contribution in [-0.2, 0) is 13.2 Å². The minimum absolute atomic E-state index is 0.263. The fourth-order valence-corrected chi connectivity index (χ4v) is 3.72. The van der Waals surface area contributed by atoms with Crippen LogP contribution < -0.4 is 10.1 Å². The highest BCUT2D eigenvalue weighted by molar-refractivity contribution is 6.35. The van der Waals surface area contributed by atoms with Crippen molar-refractivity contribution in [1.82, 2.24) is 0 Å². The average Bonchev–Trinajstić information content (AvgIpc) is 2.73. The maximum atomic E-state index is 13.2. The number of hydrogen-bond acceptors (Lipinski definition) is 2. The Morgan fingerprint density at radius 1 is 0.759 bits per heavy atom. The summed E-state index contributed by atoms with van der Waals surface area (Å²) in [5.41, 5.74) is 2.59. The topological polar surface area (TPSA) is 21.3 Å². The van der Waals surface area contributed by atoms with Crippen molar-refractivity contribution in [2.24, 2.45) is 0 Å². The molecular weight excluding hydrogens is 408 g/mol. The molecule has 4 aromatic carbocycles. The second-order valence-electron chi connectivity index (χ2n) is 6.61. The van der Waals surface area contributed by atoms with Crippen molar-refractivity contribution in [2.45, 2.75) is 13.2 Å². The molecule has 146 valence electrons. The van der Waals surface area contributed by atoms with E-state index in [1.807, 2.05) is 30.3 Å². The lowest BCUT2D eigenvalue weighted by atomic mass is 10.0. The Morgan fingerprint density at radius 3 is 2.24 bits per heavy atom. The van der Waals surface area contributed by atoms with E-state index < -0.39 is 0 Å². The van der Waals surface area contributed by atoms with Gasteiger partial charge in [-0.25, -0.2) is 4.39 Å². The molecule has 0 heterocycles. The van der Waals surface area contributed by atoms with E-state index in [2.05, 4.69) is 17.4 Å². The SMILES string of the molecule is Fc1ccc(NCc2c(OCc3c(Cl)cccc3Cl)ccc3ccccc23)cc1. The Labute approximate surface area is 178 Å². The van der Waals surface area contributed by atoms with E-state index in [1.165, 1.54) is 12.1 Å². The first-order chi connectivity index (χ1) is 14.1. The summed E-state index contributed by atoms with van der Waals surface area (Å²) in [6, 6.07) is 23.8. The van der Waals surface area contributed by atoms with Crippen LogP contribution in [0.4, 0.5) is 10.1 Å². The van der Waals surface area contributed by atoms with E-state index in [4.69, 9.17) is 27.9 Å². The van der Waals surface area contributed by atoms with Crippen LogP contribution in [-0.4, -0.2) is 0 Å². The standard InChI is InChI=1S/C24H18Cl2FNO/c25-22-6-3-7-23(26)21(22)15-29-24-13-8-16-4-1-2-5-19(16)20(24)14-28-18-11-9-17(27)10-12-18/h1-13,28H,14-15H2. The van der Waals surface area contributed by atoms with Gasteiger partial charge in [0, 0.05) is 33.4 Å². The Balaban J connectivity index is 1.64. The van der Waals surface area contributed by atoms with Gasteiger partial charge in [-0.15, -0.1) is 0 Å². The summed E-state index contributed by atoms with van der Waals surface area (Å²) >= 11 is 12.6. The molecule has 4 rings (SSSR count). The summed E-state index contributed by atoms with van der Waals surface area (Å²) in [4.78, 5) is 0. The van der Waals surface area contributed by atoms with Gasteiger partial charge in [0.05, 0.1) is 0 Å². The number of benzene rings is 4. The van der Waals surface area contributed by atoms with E-state index in [1.54, 1.807) is 24.3 Å². The fourth-order valence-electron chi connectivity index (χ4n) is 3.21. The molecule has 0 aliphatic carbocycles. The predicted octanol–water partition coefficient (Wildman–Crippen LogP) is 7.48. The summed E-state index contributed by atoms with van der Waals surface area (Å²) in [7, 11) is 0. The van der Waals surface area contributed by atoms with Crippen LogP contribution in [0.5, 0.6) is 5.75 Å². The van der Waals surface area contributed by atoms with E-state index in [-0.39, 0.29) is 12.4 Å². The zero-order chi connectivity index (χ0) is 20.2. The summed E-state index contributed by atoms with van der Waals surface area (Å²) in [5, 5.41) is 6.69. The molecule has 2 nitrogen and oxygen atoms in total. The lowest BCUT2D eigenvalue weighted by Crippen LogP contribution is -2.05. The highest BCUT2D eigenvalue weighted by Gasteiger charge is 2.12. The molecule has 1 N–H and O–H groups in total. The molecule has 29 heavy (non-hydrogen) atoms. The van der Waals surface area contributed by atoms with E-state index in [9.17, 15) is 4.39 Å². The van der Waals surface area contributed by atoms with E-state index in [0.717, 1.165) is 33.3 Å². The Hall–Kier alpha value is -2.75. The van der Waals surface area contributed by atoms with Crippen LogP contribution in [0.2, 0.25) is 10.0 Å². The molecule has 0 spiro atoms. The van der Waals surface area contributed by atoms with Gasteiger partial charge in [-0.3, -0.25) is 0 Å². The van der Waals surface area contributed by atoms with Crippen molar-refractivity contribution in [1.29, 1.82) is 0 Å². The number of fused-ring (bicyclic) bond motifs is 1. The van der Waals surface area contributed by atoms with Gasteiger partial charge in [0.25, 0.3) is 0 Å². The van der Waals surface area contributed by atoms with Gasteiger partial charge >= 0.3 is 0 Å². The third kappa shape index (κ3) is 4.47. The largest absolute Gasteiger partial charge is 0.488 e. The smallest absolute Gasteiger partial charge is 0.125 e. The molecule has 0 aromatic heterocycles. The lowest BCUT2D eigenvalue weighted by Gasteiger charge is -2.16.